The van der Waals surface area contributed by atoms with E-state index >= 15 is 0 Å². The number of aryl methyl sites for hydroxylation is 1. The number of piperazine rings is 1. The fraction of sp³-hybridized carbons (Fsp3) is 0.167. The molecule has 2 amide bonds. The van der Waals surface area contributed by atoms with Gasteiger partial charge in [-0.15, -0.1) is 0 Å². The van der Waals surface area contributed by atoms with Crippen LogP contribution in [0, 0.1) is 13.8 Å². The summed E-state index contributed by atoms with van der Waals surface area (Å²) in [5.41, 5.74) is 4.45. The van der Waals surface area contributed by atoms with E-state index in [2.05, 4.69) is 0 Å². The van der Waals surface area contributed by atoms with Crippen LogP contribution in [-0.2, 0) is 9.59 Å². The van der Waals surface area contributed by atoms with Crippen molar-refractivity contribution in [2.75, 3.05) is 16.3 Å². The minimum Gasteiger partial charge on any atom is -0.301 e. The van der Waals surface area contributed by atoms with E-state index in [1.807, 2.05) is 92.7 Å². The third-order valence-corrected chi connectivity index (χ3v) is 5.34. The lowest BCUT2D eigenvalue weighted by atomic mass is 9.98. The van der Waals surface area contributed by atoms with Gasteiger partial charge in [0.25, 0.3) is 5.91 Å². The molecule has 0 unspecified atom stereocenters. The molecule has 0 spiro atoms. The maximum absolute atomic E-state index is 13.7. The molecular formula is C24H22N2O2. The normalized spacial score (nSPS) is 17.1. The van der Waals surface area contributed by atoms with Crippen LogP contribution in [0.2, 0.25) is 0 Å². The van der Waals surface area contributed by atoms with Crippen LogP contribution in [0.1, 0.15) is 22.7 Å². The first kappa shape index (κ1) is 18.0. The Labute approximate surface area is 165 Å². The molecule has 3 aromatic rings. The van der Waals surface area contributed by atoms with Gasteiger partial charge >= 0.3 is 0 Å². The van der Waals surface area contributed by atoms with Gasteiger partial charge in [0.2, 0.25) is 5.91 Å². The van der Waals surface area contributed by atoms with Crippen LogP contribution < -0.4 is 9.80 Å². The zero-order valence-electron chi connectivity index (χ0n) is 16.0. The highest BCUT2D eigenvalue weighted by Gasteiger charge is 2.42. The Balaban J connectivity index is 1.84. The molecule has 0 aliphatic carbocycles. The van der Waals surface area contributed by atoms with Gasteiger partial charge in [-0.3, -0.25) is 14.5 Å². The number of hydrogen-bond acceptors (Lipinski definition) is 2. The first-order valence-electron chi connectivity index (χ1n) is 9.37. The molecule has 140 valence electrons. The van der Waals surface area contributed by atoms with Gasteiger partial charge in [0.1, 0.15) is 12.6 Å². The Hall–Kier alpha value is -3.40. The van der Waals surface area contributed by atoms with Crippen molar-refractivity contribution in [1.29, 1.82) is 0 Å². The van der Waals surface area contributed by atoms with Gasteiger partial charge in [0, 0.05) is 11.4 Å². The molecule has 1 saturated heterocycles. The molecule has 4 nitrogen and oxygen atoms in total. The Morgan fingerprint density at radius 2 is 1.43 bits per heavy atom. The van der Waals surface area contributed by atoms with Crippen LogP contribution in [0.3, 0.4) is 0 Å². The molecule has 1 aliphatic rings. The molecule has 0 bridgehead atoms. The largest absolute Gasteiger partial charge is 0.301 e. The maximum Gasteiger partial charge on any atom is 0.255 e. The van der Waals surface area contributed by atoms with Crippen molar-refractivity contribution in [3.05, 3.63) is 95.6 Å². The number of anilines is 2. The van der Waals surface area contributed by atoms with Crippen LogP contribution in [0.5, 0.6) is 0 Å². The van der Waals surface area contributed by atoms with Crippen molar-refractivity contribution in [2.45, 2.75) is 19.9 Å². The molecule has 1 heterocycles. The van der Waals surface area contributed by atoms with E-state index in [0.29, 0.717) is 0 Å². The summed E-state index contributed by atoms with van der Waals surface area (Å²) < 4.78 is 0. The second-order valence-electron chi connectivity index (χ2n) is 7.06. The zero-order chi connectivity index (χ0) is 19.7. The van der Waals surface area contributed by atoms with Gasteiger partial charge in [-0.1, -0.05) is 60.7 Å². The second-order valence-corrected chi connectivity index (χ2v) is 7.06. The number of carbonyl (C=O) groups is 2. The lowest BCUT2D eigenvalue weighted by molar-refractivity contribution is -0.128. The quantitative estimate of drug-likeness (QED) is 0.685. The first-order chi connectivity index (χ1) is 13.6. The lowest BCUT2D eigenvalue weighted by Crippen LogP contribution is -2.56. The van der Waals surface area contributed by atoms with Crippen LogP contribution in [0.25, 0.3) is 0 Å². The predicted molar refractivity (Wildman–Crippen MR) is 111 cm³/mol. The summed E-state index contributed by atoms with van der Waals surface area (Å²) in [6.45, 7) is 4.03. The highest BCUT2D eigenvalue weighted by atomic mass is 16.2. The molecule has 3 aromatic carbocycles. The molecule has 28 heavy (non-hydrogen) atoms. The highest BCUT2D eigenvalue weighted by Crippen LogP contribution is 2.35. The van der Waals surface area contributed by atoms with Crippen molar-refractivity contribution >= 4 is 23.2 Å². The molecule has 4 rings (SSSR count). The van der Waals surface area contributed by atoms with Gasteiger partial charge in [0.05, 0.1) is 0 Å². The predicted octanol–water partition coefficient (Wildman–Crippen LogP) is 4.42. The van der Waals surface area contributed by atoms with Crippen LogP contribution >= 0.6 is 0 Å². The van der Waals surface area contributed by atoms with Crippen molar-refractivity contribution in [1.82, 2.24) is 0 Å². The van der Waals surface area contributed by atoms with E-state index in [0.717, 1.165) is 28.1 Å². The average molecular weight is 370 g/mol. The molecule has 1 atom stereocenters. The van der Waals surface area contributed by atoms with E-state index in [1.165, 1.54) is 0 Å². The SMILES string of the molecule is Cc1cccc(N2CC(=O)N(c3ccccc3)[C@@H](c3ccccc3)C2=O)c1C. The van der Waals surface area contributed by atoms with Crippen molar-refractivity contribution in [3.8, 4) is 0 Å². The maximum atomic E-state index is 13.7. The smallest absolute Gasteiger partial charge is 0.255 e. The zero-order valence-corrected chi connectivity index (χ0v) is 16.0. The fourth-order valence-electron chi connectivity index (χ4n) is 3.73. The molecule has 1 aliphatic heterocycles. The Morgan fingerprint density at radius 1 is 0.786 bits per heavy atom. The summed E-state index contributed by atoms with van der Waals surface area (Å²) in [7, 11) is 0. The number of nitrogens with zero attached hydrogens (tertiary/aromatic N) is 2. The number of benzene rings is 3. The van der Waals surface area contributed by atoms with Crippen molar-refractivity contribution < 1.29 is 9.59 Å². The van der Waals surface area contributed by atoms with Crippen LogP contribution in [0.4, 0.5) is 11.4 Å². The summed E-state index contributed by atoms with van der Waals surface area (Å²) in [6.07, 6.45) is 0. The standard InChI is InChI=1S/C24H22N2O2/c1-17-10-9-15-21(18(17)2)25-16-22(27)26(20-13-7-4-8-14-20)23(24(25)28)19-11-5-3-6-12-19/h3-15,23H,16H2,1-2H3/t23-/m0/s1. The third kappa shape index (κ3) is 3.07. The van der Waals surface area contributed by atoms with Gasteiger partial charge < -0.3 is 4.90 Å². The number of rotatable bonds is 3. The summed E-state index contributed by atoms with van der Waals surface area (Å²) in [6, 6.07) is 24.1. The molecule has 0 saturated carbocycles. The van der Waals surface area contributed by atoms with Gasteiger partial charge in [-0.25, -0.2) is 0 Å². The second kappa shape index (κ2) is 7.31. The topological polar surface area (TPSA) is 40.6 Å². The van der Waals surface area contributed by atoms with Crippen LogP contribution in [-0.4, -0.2) is 18.4 Å². The molecule has 0 aromatic heterocycles. The fourth-order valence-corrected chi connectivity index (χ4v) is 3.73. The first-order valence-corrected chi connectivity index (χ1v) is 9.37. The lowest BCUT2D eigenvalue weighted by Gasteiger charge is -2.41. The number of carbonyl (C=O) groups excluding carboxylic acids is 2. The van der Waals surface area contributed by atoms with E-state index < -0.39 is 6.04 Å². The highest BCUT2D eigenvalue weighted by molar-refractivity contribution is 6.14. The summed E-state index contributed by atoms with van der Waals surface area (Å²) >= 11 is 0. The molecule has 1 fully saturated rings. The molecular weight excluding hydrogens is 348 g/mol. The Morgan fingerprint density at radius 3 is 2.11 bits per heavy atom. The van der Waals surface area contributed by atoms with E-state index in [1.54, 1.807) is 9.80 Å². The monoisotopic (exact) mass is 370 g/mol. The van der Waals surface area contributed by atoms with Gasteiger partial charge in [-0.05, 0) is 48.7 Å². The molecule has 0 radical (unpaired) electrons. The van der Waals surface area contributed by atoms with E-state index in [-0.39, 0.29) is 18.4 Å². The Bertz CT molecular complexity index is 1020. The van der Waals surface area contributed by atoms with Crippen LogP contribution in [0.15, 0.2) is 78.9 Å². The van der Waals surface area contributed by atoms with E-state index in [4.69, 9.17) is 0 Å². The van der Waals surface area contributed by atoms with E-state index in [9.17, 15) is 9.59 Å². The minimum absolute atomic E-state index is 0.0291. The number of hydrogen-bond donors (Lipinski definition) is 0. The van der Waals surface area contributed by atoms with Gasteiger partial charge in [-0.2, -0.15) is 0 Å². The summed E-state index contributed by atoms with van der Waals surface area (Å²) in [5, 5.41) is 0. The summed E-state index contributed by atoms with van der Waals surface area (Å²) in [5.74, 6) is -0.191. The molecule has 4 heteroatoms. The third-order valence-electron chi connectivity index (χ3n) is 5.34. The van der Waals surface area contributed by atoms with Crippen molar-refractivity contribution in [3.63, 3.8) is 0 Å². The minimum atomic E-state index is -0.690. The number of para-hydroxylation sites is 1. The van der Waals surface area contributed by atoms with Crippen molar-refractivity contribution in [2.24, 2.45) is 0 Å². The molecule has 0 N–H and O–H groups in total. The Kier molecular flexibility index (Phi) is 4.70. The number of amides is 2. The summed E-state index contributed by atoms with van der Waals surface area (Å²) in [4.78, 5) is 30.1. The average Bonchev–Trinajstić information content (AvgIpc) is 2.72. The van der Waals surface area contributed by atoms with Gasteiger partial charge in [0.15, 0.2) is 0 Å².